The molecule has 0 bridgehead atoms. The van der Waals surface area contributed by atoms with Gasteiger partial charge in [0.25, 0.3) is 0 Å². The van der Waals surface area contributed by atoms with Crippen LogP contribution in [0.25, 0.3) is 0 Å². The molecule has 1 heteroatoms. The van der Waals surface area contributed by atoms with E-state index >= 15 is 0 Å². The van der Waals surface area contributed by atoms with E-state index in [0.717, 1.165) is 4.48 Å². The Kier molecular flexibility index (Phi) is 4.21. The van der Waals surface area contributed by atoms with E-state index in [1.54, 1.807) is 0 Å². The smallest absolute Gasteiger partial charge is 0.0934 e. The molecule has 0 aliphatic carbocycles. The van der Waals surface area contributed by atoms with Crippen molar-refractivity contribution < 1.29 is 4.48 Å². The highest BCUT2D eigenvalue weighted by Gasteiger charge is 2.38. The average Bonchev–Trinajstić information content (AvgIpc) is 2.01. The van der Waals surface area contributed by atoms with Gasteiger partial charge in [0.1, 0.15) is 0 Å². The molecule has 0 radical (unpaired) electrons. The number of rotatable bonds is 5. The van der Waals surface area contributed by atoms with Gasteiger partial charge in [0.15, 0.2) is 0 Å². The van der Waals surface area contributed by atoms with Crippen molar-refractivity contribution in [1.29, 1.82) is 0 Å². The molecule has 0 aliphatic rings. The minimum absolute atomic E-state index is 0.362. The summed E-state index contributed by atoms with van der Waals surface area (Å²) in [7, 11) is 6.89. The highest BCUT2D eigenvalue weighted by molar-refractivity contribution is 4.81. The molecule has 14 heavy (non-hydrogen) atoms. The van der Waals surface area contributed by atoms with Crippen molar-refractivity contribution in [3.63, 3.8) is 0 Å². The van der Waals surface area contributed by atoms with Gasteiger partial charge in [0, 0.05) is 6.42 Å². The fourth-order valence-electron chi connectivity index (χ4n) is 1.78. The van der Waals surface area contributed by atoms with Crippen LogP contribution < -0.4 is 0 Å². The summed E-state index contributed by atoms with van der Waals surface area (Å²) >= 11 is 0. The molecule has 0 amide bonds. The summed E-state index contributed by atoms with van der Waals surface area (Å²) in [4.78, 5) is 0. The zero-order valence-electron chi connectivity index (χ0n) is 11.6. The molecular weight excluding hydrogens is 170 g/mol. The zero-order chi connectivity index (χ0) is 11.6. The van der Waals surface area contributed by atoms with Gasteiger partial charge < -0.3 is 4.48 Å². The number of hydrogen-bond donors (Lipinski definition) is 0. The van der Waals surface area contributed by atoms with Crippen molar-refractivity contribution >= 4 is 0 Å². The second kappa shape index (κ2) is 4.22. The van der Waals surface area contributed by atoms with Crippen LogP contribution in [-0.4, -0.2) is 31.2 Å². The molecule has 0 heterocycles. The van der Waals surface area contributed by atoms with E-state index in [1.165, 1.54) is 19.3 Å². The second-order valence-corrected chi connectivity index (χ2v) is 6.52. The molecule has 0 saturated carbocycles. The van der Waals surface area contributed by atoms with E-state index in [1.807, 2.05) is 0 Å². The summed E-state index contributed by atoms with van der Waals surface area (Å²) in [5.41, 5.74) is 0.871. The first kappa shape index (κ1) is 14.0. The van der Waals surface area contributed by atoms with Crippen LogP contribution in [-0.2, 0) is 0 Å². The molecule has 0 unspecified atom stereocenters. The van der Waals surface area contributed by atoms with E-state index in [2.05, 4.69) is 55.8 Å². The molecule has 0 N–H and O–H groups in total. The van der Waals surface area contributed by atoms with Crippen molar-refractivity contribution in [3.8, 4) is 0 Å². The van der Waals surface area contributed by atoms with Crippen LogP contribution in [0.2, 0.25) is 0 Å². The van der Waals surface area contributed by atoms with E-state index in [0.29, 0.717) is 11.0 Å². The molecule has 0 spiro atoms. The number of quaternary nitrogens is 1. The molecule has 1 nitrogen and oxygen atoms in total. The lowest BCUT2D eigenvalue weighted by Crippen LogP contribution is -2.55. The topological polar surface area (TPSA) is 0 Å². The van der Waals surface area contributed by atoms with E-state index in [9.17, 15) is 0 Å². The second-order valence-electron chi connectivity index (χ2n) is 6.52. The van der Waals surface area contributed by atoms with Crippen molar-refractivity contribution in [2.24, 2.45) is 5.41 Å². The Bertz CT molecular complexity index is 170. The number of hydrogen-bond acceptors (Lipinski definition) is 0. The zero-order valence-corrected chi connectivity index (χ0v) is 11.6. The Morgan fingerprint density at radius 3 is 1.43 bits per heavy atom. The Morgan fingerprint density at radius 2 is 1.21 bits per heavy atom. The first-order valence-corrected chi connectivity index (χ1v) is 5.89. The highest BCUT2D eigenvalue weighted by Crippen LogP contribution is 2.38. The van der Waals surface area contributed by atoms with Crippen molar-refractivity contribution in [3.05, 3.63) is 0 Å². The summed E-state index contributed by atoms with van der Waals surface area (Å²) in [5, 5.41) is 0. The largest absolute Gasteiger partial charge is 0.327 e. The van der Waals surface area contributed by atoms with Crippen molar-refractivity contribution in [2.75, 3.05) is 21.1 Å². The monoisotopic (exact) mass is 200 g/mol. The molecule has 0 aromatic carbocycles. The van der Waals surface area contributed by atoms with Gasteiger partial charge >= 0.3 is 0 Å². The van der Waals surface area contributed by atoms with Crippen molar-refractivity contribution in [1.82, 2.24) is 0 Å². The molecule has 86 valence electrons. The van der Waals surface area contributed by atoms with Gasteiger partial charge in [-0.1, -0.05) is 33.6 Å². The van der Waals surface area contributed by atoms with Crippen LogP contribution in [0.1, 0.15) is 53.9 Å². The fourth-order valence-corrected chi connectivity index (χ4v) is 1.78. The molecule has 0 atom stereocenters. The van der Waals surface area contributed by atoms with Gasteiger partial charge in [-0.05, 0) is 19.3 Å². The van der Waals surface area contributed by atoms with E-state index in [-0.39, 0.29) is 0 Å². The van der Waals surface area contributed by atoms with Crippen LogP contribution in [0.4, 0.5) is 0 Å². The summed E-state index contributed by atoms with van der Waals surface area (Å²) in [6, 6.07) is 0. The van der Waals surface area contributed by atoms with Gasteiger partial charge in [0.05, 0.1) is 26.7 Å². The van der Waals surface area contributed by atoms with Crippen LogP contribution in [0.3, 0.4) is 0 Å². The van der Waals surface area contributed by atoms with E-state index < -0.39 is 0 Å². The number of nitrogens with zero attached hydrogens (tertiary/aromatic N) is 1. The van der Waals surface area contributed by atoms with E-state index in [4.69, 9.17) is 0 Å². The maximum Gasteiger partial charge on any atom is 0.0934 e. The molecule has 0 saturated heterocycles. The standard InChI is InChI=1S/C13H30N/c1-9-13(5,10-2)11-12(3,4)14(6,7)8/h9-11H2,1-8H3/q+1. The Balaban J connectivity index is 4.65. The normalized spacial score (nSPS) is 14.6. The molecule has 0 fully saturated rings. The Labute approximate surface area is 91.1 Å². The molecule has 0 aliphatic heterocycles. The third-order valence-electron chi connectivity index (χ3n) is 4.38. The Hall–Kier alpha value is -0.0400. The van der Waals surface area contributed by atoms with Gasteiger partial charge in [0.2, 0.25) is 0 Å². The summed E-state index contributed by atoms with van der Waals surface area (Å²) in [6.45, 7) is 11.8. The van der Waals surface area contributed by atoms with Gasteiger partial charge in [-0.25, -0.2) is 0 Å². The van der Waals surface area contributed by atoms with Gasteiger partial charge in [-0.3, -0.25) is 0 Å². The SMILES string of the molecule is CCC(C)(CC)CC(C)(C)[N+](C)(C)C. The maximum atomic E-state index is 2.42. The first-order chi connectivity index (χ1) is 6.08. The summed E-state index contributed by atoms with van der Waals surface area (Å²) in [5.74, 6) is 0. The maximum absolute atomic E-state index is 2.42. The summed E-state index contributed by atoms with van der Waals surface area (Å²) < 4.78 is 1.04. The highest BCUT2D eigenvalue weighted by atomic mass is 15.3. The predicted octanol–water partition coefficient (Wildman–Crippen LogP) is 3.69. The Morgan fingerprint density at radius 1 is 0.857 bits per heavy atom. The third kappa shape index (κ3) is 3.27. The lowest BCUT2D eigenvalue weighted by Gasteiger charge is -2.46. The lowest BCUT2D eigenvalue weighted by atomic mass is 9.74. The molecule has 0 aromatic rings. The van der Waals surface area contributed by atoms with Crippen LogP contribution in [0, 0.1) is 5.41 Å². The first-order valence-electron chi connectivity index (χ1n) is 5.89. The summed E-state index contributed by atoms with van der Waals surface area (Å²) in [6.07, 6.45) is 3.87. The minimum Gasteiger partial charge on any atom is -0.327 e. The molecular formula is C13H30N+. The van der Waals surface area contributed by atoms with Crippen molar-refractivity contribution in [2.45, 2.75) is 59.4 Å². The average molecular weight is 200 g/mol. The van der Waals surface area contributed by atoms with Crippen LogP contribution in [0.15, 0.2) is 0 Å². The predicted molar refractivity (Wildman–Crippen MR) is 65.4 cm³/mol. The fraction of sp³-hybridized carbons (Fsp3) is 1.00. The van der Waals surface area contributed by atoms with Crippen LogP contribution >= 0.6 is 0 Å². The third-order valence-corrected chi connectivity index (χ3v) is 4.38. The van der Waals surface area contributed by atoms with Crippen LogP contribution in [0.5, 0.6) is 0 Å². The van der Waals surface area contributed by atoms with Gasteiger partial charge in [-0.2, -0.15) is 0 Å². The minimum atomic E-state index is 0.362. The lowest BCUT2D eigenvalue weighted by molar-refractivity contribution is -0.921. The molecule has 0 rings (SSSR count). The van der Waals surface area contributed by atoms with Gasteiger partial charge in [-0.15, -0.1) is 0 Å². The quantitative estimate of drug-likeness (QED) is 0.594. The molecule has 0 aromatic heterocycles.